The average Bonchev–Trinajstić information content (AvgIpc) is 2.54. The lowest BCUT2D eigenvalue weighted by molar-refractivity contribution is -0.409. The molecule has 1 aliphatic heterocycles. The highest BCUT2D eigenvalue weighted by Gasteiger charge is 2.88. The second-order valence-electron chi connectivity index (χ2n) is 6.64. The van der Waals surface area contributed by atoms with Gasteiger partial charge >= 0.3 is 0 Å². The quantitative estimate of drug-likeness (QED) is 0.303. The van der Waals surface area contributed by atoms with E-state index in [1.165, 1.54) is 0 Å². The summed E-state index contributed by atoms with van der Waals surface area (Å²) >= 11 is 0. The molecule has 0 aliphatic carbocycles. The molecule has 1 heterocycles. The third-order valence-corrected chi connectivity index (χ3v) is 5.24. The van der Waals surface area contributed by atoms with Gasteiger partial charge in [0.2, 0.25) is 16.8 Å². The van der Waals surface area contributed by atoms with Crippen molar-refractivity contribution in [2.75, 3.05) is 6.61 Å². The molecule has 0 amide bonds. The first-order valence-electron chi connectivity index (χ1n) is 7.74. The third-order valence-electron chi connectivity index (χ3n) is 5.24. The molecule has 0 saturated carbocycles. The highest BCUT2D eigenvalue weighted by Crippen LogP contribution is 2.54. The lowest BCUT2D eigenvalue weighted by Crippen LogP contribution is -2.94. The molecular weight excluding hydrogens is 368 g/mol. The van der Waals surface area contributed by atoms with Gasteiger partial charge in [0.25, 0.3) is 5.79 Å². The van der Waals surface area contributed by atoms with Crippen LogP contribution in [-0.2, 0) is 28.7 Å². The van der Waals surface area contributed by atoms with Gasteiger partial charge < -0.3 is 30.3 Å². The minimum Gasteiger partial charge on any atom is -0.393 e. The van der Waals surface area contributed by atoms with E-state index in [1.807, 2.05) is 0 Å². The van der Waals surface area contributed by atoms with Crippen LogP contribution in [0.25, 0.3) is 0 Å². The molecule has 27 heavy (non-hydrogen) atoms. The molecule has 0 spiro atoms. The molecule has 5 atom stereocenters. The number of rotatable bonds is 6. The van der Waals surface area contributed by atoms with Gasteiger partial charge in [0.05, 0.1) is 6.61 Å². The van der Waals surface area contributed by atoms with E-state index >= 15 is 0 Å². The summed E-state index contributed by atoms with van der Waals surface area (Å²) in [5, 5.41) is 53.5. The number of Topliss-reactive ketones (excluding diaryl/α,β-unsaturated/α-hetero) is 5. The third kappa shape index (κ3) is 2.21. The van der Waals surface area contributed by atoms with Gasteiger partial charge in [-0.3, -0.25) is 24.0 Å². The molecule has 0 radical (unpaired) electrons. The molecule has 152 valence electrons. The lowest BCUT2D eigenvalue weighted by Gasteiger charge is -2.63. The Bertz CT molecular complexity index is 745. The highest BCUT2D eigenvalue weighted by molar-refractivity contribution is 6.12. The van der Waals surface area contributed by atoms with Crippen molar-refractivity contribution in [1.82, 2.24) is 0 Å². The van der Waals surface area contributed by atoms with Gasteiger partial charge in [-0.25, -0.2) is 0 Å². The monoisotopic (exact) mass is 390 g/mol. The first-order chi connectivity index (χ1) is 12.0. The molecule has 0 aromatic rings. The Morgan fingerprint density at radius 2 is 1.00 bits per heavy atom. The van der Waals surface area contributed by atoms with Crippen molar-refractivity contribution in [2.45, 2.75) is 62.8 Å². The Morgan fingerprint density at radius 1 is 0.630 bits per heavy atom. The Balaban J connectivity index is 4.36. The summed E-state index contributed by atoms with van der Waals surface area (Å²) in [4.78, 5) is 61.2. The number of hydrogen-bond donors (Lipinski definition) is 5. The van der Waals surface area contributed by atoms with Crippen molar-refractivity contribution in [3.63, 3.8) is 0 Å². The molecule has 1 aliphatic rings. The predicted molar refractivity (Wildman–Crippen MR) is 84.1 cm³/mol. The van der Waals surface area contributed by atoms with Crippen LogP contribution in [0.5, 0.6) is 0 Å². The van der Waals surface area contributed by atoms with Gasteiger partial charge in [-0.2, -0.15) is 0 Å². The van der Waals surface area contributed by atoms with E-state index in [2.05, 4.69) is 0 Å². The summed E-state index contributed by atoms with van der Waals surface area (Å²) in [6.07, 6.45) is 0. The van der Waals surface area contributed by atoms with Crippen LogP contribution in [0.2, 0.25) is 0 Å². The van der Waals surface area contributed by atoms with E-state index in [1.54, 1.807) is 0 Å². The summed E-state index contributed by atoms with van der Waals surface area (Å²) in [6, 6.07) is 0. The minimum absolute atomic E-state index is 0.538. The zero-order valence-corrected chi connectivity index (χ0v) is 15.4. The van der Waals surface area contributed by atoms with Crippen LogP contribution >= 0.6 is 0 Å². The lowest BCUT2D eigenvalue weighted by atomic mass is 9.53. The van der Waals surface area contributed by atoms with Crippen molar-refractivity contribution in [1.29, 1.82) is 0 Å². The van der Waals surface area contributed by atoms with Crippen molar-refractivity contribution >= 4 is 28.9 Å². The summed E-state index contributed by atoms with van der Waals surface area (Å²) < 4.78 is 4.89. The fraction of sp³-hybridized carbons (Fsp3) is 0.688. The van der Waals surface area contributed by atoms with Gasteiger partial charge in [0.15, 0.2) is 34.5 Å². The standard InChI is InChI=1S/C16H22O11/c1-7(18)12(6-17)13(23,8(2)19)14(24,9(3)20)15(25,10(4)21)16(26,27-12)11(5)22/h17,23-26H,6H2,1-5H3/t12-,13+,14-,15+,16?/m0/s1. The second kappa shape index (κ2) is 6.33. The minimum atomic E-state index is -3.94. The van der Waals surface area contributed by atoms with Crippen LogP contribution in [0, 0.1) is 0 Å². The zero-order chi connectivity index (χ0) is 21.8. The number of ether oxygens (including phenoxy) is 1. The van der Waals surface area contributed by atoms with E-state index in [0.717, 1.165) is 0 Å². The van der Waals surface area contributed by atoms with E-state index < -0.39 is 63.7 Å². The van der Waals surface area contributed by atoms with Crippen LogP contribution in [0.4, 0.5) is 0 Å². The van der Waals surface area contributed by atoms with Crippen LogP contribution in [0.3, 0.4) is 0 Å². The number of carbonyl (C=O) groups is 5. The number of ketones is 5. The first-order valence-corrected chi connectivity index (χ1v) is 7.74. The number of aliphatic hydroxyl groups excluding tert-OH is 1. The maximum absolute atomic E-state index is 12.4. The van der Waals surface area contributed by atoms with Crippen LogP contribution in [0.1, 0.15) is 34.6 Å². The first kappa shape index (κ1) is 23.1. The summed E-state index contributed by atoms with van der Waals surface area (Å²) in [6.45, 7) is 1.33. The molecule has 1 unspecified atom stereocenters. The molecule has 11 heteroatoms. The van der Waals surface area contributed by atoms with E-state index in [9.17, 15) is 49.5 Å². The summed E-state index contributed by atoms with van der Waals surface area (Å²) in [5.74, 6) is -11.5. The number of aliphatic hydroxyl groups is 5. The maximum Gasteiger partial charge on any atom is 0.268 e. The van der Waals surface area contributed by atoms with Crippen LogP contribution < -0.4 is 0 Å². The molecule has 1 rings (SSSR count). The second-order valence-corrected chi connectivity index (χ2v) is 6.64. The van der Waals surface area contributed by atoms with Gasteiger partial charge in [-0.15, -0.1) is 0 Å². The Kier molecular flexibility index (Phi) is 5.43. The Morgan fingerprint density at radius 3 is 1.22 bits per heavy atom. The molecular formula is C16H22O11. The maximum atomic E-state index is 12.4. The van der Waals surface area contributed by atoms with E-state index in [0.29, 0.717) is 34.6 Å². The number of hydrogen-bond acceptors (Lipinski definition) is 11. The molecule has 5 N–H and O–H groups in total. The molecule has 1 fully saturated rings. The van der Waals surface area contributed by atoms with Crippen molar-refractivity contribution < 1.29 is 54.2 Å². The fourth-order valence-corrected chi connectivity index (χ4v) is 3.65. The van der Waals surface area contributed by atoms with Crippen LogP contribution in [0.15, 0.2) is 0 Å². The average molecular weight is 390 g/mol. The molecule has 0 bridgehead atoms. The Labute approximate surface area is 153 Å². The molecule has 1 saturated heterocycles. The van der Waals surface area contributed by atoms with E-state index in [4.69, 9.17) is 4.74 Å². The number of carbonyl (C=O) groups excluding carboxylic acids is 5. The van der Waals surface area contributed by atoms with E-state index in [-0.39, 0.29) is 0 Å². The highest BCUT2D eigenvalue weighted by atomic mass is 16.7. The molecule has 11 nitrogen and oxygen atoms in total. The summed E-state index contributed by atoms with van der Waals surface area (Å²) in [7, 11) is 0. The topological polar surface area (TPSA) is 196 Å². The predicted octanol–water partition coefficient (Wildman–Crippen LogP) is -3.43. The van der Waals surface area contributed by atoms with Gasteiger partial charge in [-0.1, -0.05) is 0 Å². The van der Waals surface area contributed by atoms with Gasteiger partial charge in [0, 0.05) is 6.92 Å². The SMILES string of the molecule is CC(=O)C1(O)O[C@@](CO)(C(C)=O)[C@](O)(C(C)=O)[C@@](O)(C(C)=O)[C@]1(O)C(C)=O. The van der Waals surface area contributed by atoms with Gasteiger partial charge in [-0.05, 0) is 27.7 Å². The molecule has 0 aromatic carbocycles. The smallest absolute Gasteiger partial charge is 0.268 e. The molecule has 0 aromatic heterocycles. The fourth-order valence-electron chi connectivity index (χ4n) is 3.65. The van der Waals surface area contributed by atoms with Gasteiger partial charge in [0.1, 0.15) is 0 Å². The summed E-state index contributed by atoms with van der Waals surface area (Å²) in [5.41, 5.74) is -14.8. The van der Waals surface area contributed by atoms with Crippen molar-refractivity contribution in [3.8, 4) is 0 Å². The van der Waals surface area contributed by atoms with Crippen LogP contribution in [-0.4, -0.2) is 89.2 Å². The normalized spacial score (nSPS) is 41.7. The van der Waals surface area contributed by atoms with Crippen molar-refractivity contribution in [2.24, 2.45) is 0 Å². The largest absolute Gasteiger partial charge is 0.393 e. The van der Waals surface area contributed by atoms with Crippen molar-refractivity contribution in [3.05, 3.63) is 0 Å². The Hall–Kier alpha value is -1.89. The zero-order valence-electron chi connectivity index (χ0n) is 15.4.